The van der Waals surface area contributed by atoms with Crippen molar-refractivity contribution in [1.29, 1.82) is 0 Å². The van der Waals surface area contributed by atoms with Gasteiger partial charge in [0.2, 0.25) is 10.0 Å². The highest BCUT2D eigenvalue weighted by Gasteiger charge is 2.09. The number of rotatable bonds is 9. The minimum atomic E-state index is -3.71. The Morgan fingerprint density at radius 2 is 1.80 bits per heavy atom. The van der Waals surface area contributed by atoms with Crippen molar-refractivity contribution in [2.45, 2.75) is 31.4 Å². The number of nitrogens with one attached hydrogen (secondary N) is 2. The predicted octanol–water partition coefficient (Wildman–Crippen LogP) is 2.85. The molecule has 2 aromatic rings. The number of alkyl halides is 2. The van der Waals surface area contributed by atoms with Crippen molar-refractivity contribution in [1.82, 2.24) is 10.6 Å². The van der Waals surface area contributed by atoms with Crippen LogP contribution in [0.25, 0.3) is 0 Å². The molecule has 30 heavy (non-hydrogen) atoms. The third kappa shape index (κ3) is 8.79. The number of halogens is 3. The van der Waals surface area contributed by atoms with Crippen molar-refractivity contribution in [3.63, 3.8) is 0 Å². The first-order valence-electron chi connectivity index (χ1n) is 8.96. The van der Waals surface area contributed by atoms with E-state index in [1.54, 1.807) is 30.3 Å². The highest BCUT2D eigenvalue weighted by atomic mass is 127. The molecule has 0 bridgehead atoms. The average Bonchev–Trinajstić information content (AvgIpc) is 2.66. The predicted molar refractivity (Wildman–Crippen MR) is 123 cm³/mol. The van der Waals surface area contributed by atoms with E-state index >= 15 is 0 Å². The molecule has 7 nitrogen and oxygen atoms in total. The summed E-state index contributed by atoms with van der Waals surface area (Å²) in [6.07, 6.45) is 0.625. The van der Waals surface area contributed by atoms with Crippen molar-refractivity contribution < 1.29 is 21.9 Å². The molecule has 0 aliphatic heterocycles. The van der Waals surface area contributed by atoms with Gasteiger partial charge in [-0.25, -0.2) is 18.5 Å². The summed E-state index contributed by atoms with van der Waals surface area (Å²) in [5.41, 5.74) is 1.47. The molecule has 0 aromatic heterocycles. The number of aliphatic imine (C=N–C) groups is 1. The first-order valence-corrected chi connectivity index (χ1v) is 10.5. The molecule has 0 radical (unpaired) electrons. The maximum absolute atomic E-state index is 12.5. The summed E-state index contributed by atoms with van der Waals surface area (Å²) in [5.74, 6) is 0.623. The first kappa shape index (κ1) is 26.0. The zero-order valence-electron chi connectivity index (χ0n) is 16.3. The Hall–Kier alpha value is -1.99. The van der Waals surface area contributed by atoms with E-state index in [0.29, 0.717) is 31.0 Å². The van der Waals surface area contributed by atoms with Crippen LogP contribution in [0.4, 0.5) is 8.78 Å². The van der Waals surface area contributed by atoms with E-state index in [1.807, 2.05) is 6.92 Å². The van der Waals surface area contributed by atoms with Crippen LogP contribution >= 0.6 is 24.0 Å². The van der Waals surface area contributed by atoms with E-state index in [4.69, 9.17) is 5.14 Å². The van der Waals surface area contributed by atoms with Gasteiger partial charge in [0.1, 0.15) is 5.75 Å². The molecule has 4 N–H and O–H groups in total. The van der Waals surface area contributed by atoms with Crippen molar-refractivity contribution in [3.8, 4) is 5.75 Å². The van der Waals surface area contributed by atoms with Crippen molar-refractivity contribution in [2.75, 3.05) is 13.1 Å². The number of guanidine groups is 1. The number of ether oxygens (including phenoxy) is 1. The topological polar surface area (TPSA) is 106 Å². The summed E-state index contributed by atoms with van der Waals surface area (Å²) >= 11 is 0. The molecule has 2 rings (SSSR count). The monoisotopic (exact) mass is 554 g/mol. The van der Waals surface area contributed by atoms with Crippen LogP contribution in [0.2, 0.25) is 0 Å². The minimum Gasteiger partial charge on any atom is -0.434 e. The van der Waals surface area contributed by atoms with Gasteiger partial charge in [-0.1, -0.05) is 30.3 Å². The normalized spacial score (nSPS) is 11.7. The Balaban J connectivity index is 0.00000450. The van der Waals surface area contributed by atoms with Crippen LogP contribution < -0.4 is 20.5 Å². The zero-order chi connectivity index (χ0) is 21.3. The number of nitrogens with zero attached hydrogens (tertiary/aromatic N) is 1. The van der Waals surface area contributed by atoms with Crippen LogP contribution in [-0.4, -0.2) is 34.1 Å². The third-order valence-corrected chi connectivity index (χ3v) is 4.83. The Bertz CT molecular complexity index is 926. The summed E-state index contributed by atoms with van der Waals surface area (Å²) in [4.78, 5) is 4.47. The molecule has 0 aliphatic carbocycles. The van der Waals surface area contributed by atoms with E-state index in [1.165, 1.54) is 18.2 Å². The van der Waals surface area contributed by atoms with Gasteiger partial charge in [-0.15, -0.1) is 24.0 Å². The number of hydrogen-bond donors (Lipinski definition) is 3. The van der Waals surface area contributed by atoms with E-state index < -0.39 is 16.6 Å². The van der Waals surface area contributed by atoms with Gasteiger partial charge >= 0.3 is 6.61 Å². The lowest BCUT2D eigenvalue weighted by Crippen LogP contribution is -2.38. The quantitative estimate of drug-likeness (QED) is 0.251. The molecule has 0 atom stereocenters. The summed E-state index contributed by atoms with van der Waals surface area (Å²) in [6.45, 7) is 0.352. The maximum atomic E-state index is 12.5. The van der Waals surface area contributed by atoms with Gasteiger partial charge < -0.3 is 15.4 Å². The maximum Gasteiger partial charge on any atom is 0.387 e. The minimum absolute atomic E-state index is 0. The van der Waals surface area contributed by atoms with Gasteiger partial charge in [-0.2, -0.15) is 8.78 Å². The molecular weight excluding hydrogens is 529 g/mol. The fourth-order valence-electron chi connectivity index (χ4n) is 2.52. The Labute approximate surface area is 192 Å². The fraction of sp³-hybridized carbons (Fsp3) is 0.316. The standard InChI is InChI=1S/C19H24F2N4O3S.HI/c1-2-23-19(25-13-15-5-3-4-6-17(15)28-18(20)21)24-12-11-14-7-9-16(10-8-14)29(22,26)27;/h3-10,18H,2,11-13H2,1H3,(H2,22,26,27)(H2,23,24,25);1H. The smallest absolute Gasteiger partial charge is 0.387 e. The molecular formula is C19H25F2IN4O3S. The molecule has 11 heteroatoms. The second kappa shape index (κ2) is 12.6. The number of para-hydroxylation sites is 1. The lowest BCUT2D eigenvalue weighted by atomic mass is 10.1. The van der Waals surface area contributed by atoms with E-state index in [9.17, 15) is 17.2 Å². The van der Waals surface area contributed by atoms with Crippen molar-refractivity contribution >= 4 is 40.0 Å². The van der Waals surface area contributed by atoms with Crippen LogP contribution in [-0.2, 0) is 23.0 Å². The lowest BCUT2D eigenvalue weighted by molar-refractivity contribution is -0.0504. The zero-order valence-corrected chi connectivity index (χ0v) is 19.5. The van der Waals surface area contributed by atoms with Crippen LogP contribution in [0, 0.1) is 0 Å². The van der Waals surface area contributed by atoms with E-state index in [-0.39, 0.29) is 41.2 Å². The number of nitrogens with two attached hydrogens (primary N) is 1. The molecule has 0 aliphatic rings. The highest BCUT2D eigenvalue weighted by Crippen LogP contribution is 2.20. The number of sulfonamides is 1. The fourth-order valence-corrected chi connectivity index (χ4v) is 3.04. The third-order valence-electron chi connectivity index (χ3n) is 3.90. The van der Waals surface area contributed by atoms with Crippen LogP contribution in [0.1, 0.15) is 18.1 Å². The van der Waals surface area contributed by atoms with E-state index in [0.717, 1.165) is 5.56 Å². The largest absolute Gasteiger partial charge is 0.434 e. The van der Waals surface area contributed by atoms with Gasteiger partial charge in [0.05, 0.1) is 11.4 Å². The summed E-state index contributed by atoms with van der Waals surface area (Å²) < 4.78 is 52.1. The van der Waals surface area contributed by atoms with Gasteiger partial charge in [-0.05, 0) is 37.1 Å². The molecule has 2 aromatic carbocycles. The number of benzene rings is 2. The second-order valence-corrected chi connectivity index (χ2v) is 7.61. The van der Waals surface area contributed by atoms with Crippen LogP contribution in [0.15, 0.2) is 58.4 Å². The van der Waals surface area contributed by atoms with Gasteiger partial charge in [0.25, 0.3) is 0 Å². The molecule has 0 heterocycles. The summed E-state index contributed by atoms with van der Waals surface area (Å²) in [5, 5.41) is 11.3. The molecule has 166 valence electrons. The SMILES string of the molecule is CCNC(=NCc1ccccc1OC(F)F)NCCc1ccc(S(N)(=O)=O)cc1.I. The Morgan fingerprint density at radius 3 is 2.40 bits per heavy atom. The second-order valence-electron chi connectivity index (χ2n) is 6.05. The van der Waals surface area contributed by atoms with Crippen LogP contribution in [0.3, 0.4) is 0 Å². The molecule has 0 saturated heterocycles. The molecule has 0 amide bonds. The molecule has 0 saturated carbocycles. The molecule has 0 spiro atoms. The van der Waals surface area contributed by atoms with E-state index in [2.05, 4.69) is 20.4 Å². The summed E-state index contributed by atoms with van der Waals surface area (Å²) in [6, 6.07) is 12.8. The number of primary sulfonamides is 1. The Morgan fingerprint density at radius 1 is 1.13 bits per heavy atom. The molecule has 0 unspecified atom stereocenters. The first-order chi connectivity index (χ1) is 13.8. The molecule has 0 fully saturated rings. The van der Waals surface area contributed by atoms with Crippen LogP contribution in [0.5, 0.6) is 5.75 Å². The van der Waals surface area contributed by atoms with Gasteiger partial charge in [-0.3, -0.25) is 0 Å². The summed E-state index contributed by atoms with van der Waals surface area (Å²) in [7, 11) is -3.71. The Kier molecular flexibility index (Phi) is 11.0. The lowest BCUT2D eigenvalue weighted by Gasteiger charge is -2.13. The highest BCUT2D eigenvalue weighted by molar-refractivity contribution is 14.0. The average molecular weight is 554 g/mol. The van der Waals surface area contributed by atoms with Gasteiger partial charge in [0.15, 0.2) is 5.96 Å². The number of hydrogen-bond acceptors (Lipinski definition) is 4. The van der Waals surface area contributed by atoms with Gasteiger partial charge in [0, 0.05) is 18.7 Å². The van der Waals surface area contributed by atoms with Crippen molar-refractivity contribution in [3.05, 3.63) is 59.7 Å². The van der Waals surface area contributed by atoms with Crippen molar-refractivity contribution in [2.24, 2.45) is 10.1 Å².